The predicted molar refractivity (Wildman–Crippen MR) is 98.3 cm³/mol. The summed E-state index contributed by atoms with van der Waals surface area (Å²) in [6.45, 7) is 4.06. The molecule has 0 saturated heterocycles. The van der Waals surface area contributed by atoms with Crippen LogP contribution in [0.1, 0.15) is 61.5 Å². The van der Waals surface area contributed by atoms with E-state index in [1.165, 1.54) is 0 Å². The molecule has 2 rings (SSSR count). The van der Waals surface area contributed by atoms with Crippen molar-refractivity contribution in [3.63, 3.8) is 0 Å². The summed E-state index contributed by atoms with van der Waals surface area (Å²) in [7, 11) is 1.85. The molecule has 0 radical (unpaired) electrons. The van der Waals surface area contributed by atoms with Crippen LogP contribution in [0, 0.1) is 0 Å². The summed E-state index contributed by atoms with van der Waals surface area (Å²) >= 11 is 0. The molecule has 1 unspecified atom stereocenters. The Bertz CT molecular complexity index is 724. The minimum absolute atomic E-state index is 0.0267. The standard InChI is InChI=1S/C19H26N4O2/c1-4-6-10-18(24)21-16-9-7-8-14(11-16)19(25)22-17(5-2)15-12-20-23(3)13-15/h7-9,11-13,17H,4-6,10H2,1-3H3,(H,21,24)(H,22,25). The summed E-state index contributed by atoms with van der Waals surface area (Å²) in [6, 6.07) is 6.92. The number of nitrogens with one attached hydrogen (secondary N) is 2. The van der Waals surface area contributed by atoms with Crippen LogP contribution in [-0.2, 0) is 11.8 Å². The van der Waals surface area contributed by atoms with Crippen LogP contribution in [0.2, 0.25) is 0 Å². The second kappa shape index (κ2) is 9.01. The number of carbonyl (C=O) groups is 2. The van der Waals surface area contributed by atoms with Crippen LogP contribution in [0.3, 0.4) is 0 Å². The molecule has 0 bridgehead atoms. The van der Waals surface area contributed by atoms with Crippen LogP contribution in [-0.4, -0.2) is 21.6 Å². The van der Waals surface area contributed by atoms with Crippen molar-refractivity contribution in [1.29, 1.82) is 0 Å². The first-order valence-corrected chi connectivity index (χ1v) is 8.72. The Morgan fingerprint density at radius 1 is 1.28 bits per heavy atom. The first-order chi connectivity index (χ1) is 12.0. The molecule has 0 aliphatic carbocycles. The van der Waals surface area contributed by atoms with E-state index < -0.39 is 0 Å². The second-order valence-corrected chi connectivity index (χ2v) is 6.11. The molecule has 1 heterocycles. The maximum atomic E-state index is 12.6. The molecule has 0 saturated carbocycles. The van der Waals surface area contributed by atoms with Gasteiger partial charge >= 0.3 is 0 Å². The number of anilines is 1. The van der Waals surface area contributed by atoms with Gasteiger partial charge < -0.3 is 10.6 Å². The lowest BCUT2D eigenvalue weighted by Crippen LogP contribution is -2.28. The van der Waals surface area contributed by atoms with E-state index >= 15 is 0 Å². The van der Waals surface area contributed by atoms with Crippen molar-refractivity contribution in [2.24, 2.45) is 7.05 Å². The van der Waals surface area contributed by atoms with Crippen molar-refractivity contribution in [3.05, 3.63) is 47.8 Å². The highest BCUT2D eigenvalue weighted by Gasteiger charge is 2.16. The second-order valence-electron chi connectivity index (χ2n) is 6.11. The number of nitrogens with zero attached hydrogens (tertiary/aromatic N) is 2. The Balaban J connectivity index is 2.03. The first kappa shape index (κ1) is 18.7. The Labute approximate surface area is 148 Å². The normalized spacial score (nSPS) is 11.8. The number of rotatable bonds is 8. The van der Waals surface area contributed by atoms with Crippen LogP contribution < -0.4 is 10.6 Å². The SMILES string of the molecule is CCCCC(=O)Nc1cccc(C(=O)NC(CC)c2cnn(C)c2)c1. The fraction of sp³-hybridized carbons (Fsp3) is 0.421. The summed E-state index contributed by atoms with van der Waals surface area (Å²) in [5.41, 5.74) is 2.14. The van der Waals surface area contributed by atoms with Gasteiger partial charge in [-0.2, -0.15) is 5.10 Å². The highest BCUT2D eigenvalue weighted by Crippen LogP contribution is 2.17. The molecule has 2 aromatic rings. The monoisotopic (exact) mass is 342 g/mol. The van der Waals surface area contributed by atoms with E-state index in [9.17, 15) is 9.59 Å². The molecule has 25 heavy (non-hydrogen) atoms. The molecular weight excluding hydrogens is 316 g/mol. The summed E-state index contributed by atoms with van der Waals surface area (Å²) in [5.74, 6) is -0.193. The molecule has 0 spiro atoms. The zero-order chi connectivity index (χ0) is 18.2. The summed E-state index contributed by atoms with van der Waals surface area (Å²) in [4.78, 5) is 24.4. The lowest BCUT2D eigenvalue weighted by Gasteiger charge is -2.16. The van der Waals surface area contributed by atoms with Crippen molar-refractivity contribution in [3.8, 4) is 0 Å². The van der Waals surface area contributed by atoms with Crippen molar-refractivity contribution in [2.45, 2.75) is 45.6 Å². The van der Waals surface area contributed by atoms with Crippen molar-refractivity contribution in [1.82, 2.24) is 15.1 Å². The Kier molecular flexibility index (Phi) is 6.74. The van der Waals surface area contributed by atoms with E-state index in [0.29, 0.717) is 17.7 Å². The van der Waals surface area contributed by atoms with Crippen molar-refractivity contribution >= 4 is 17.5 Å². The first-order valence-electron chi connectivity index (χ1n) is 8.72. The molecule has 0 fully saturated rings. The zero-order valence-corrected chi connectivity index (χ0v) is 15.1. The minimum atomic E-state index is -0.166. The van der Waals surface area contributed by atoms with Gasteiger partial charge in [0.15, 0.2) is 0 Å². The zero-order valence-electron chi connectivity index (χ0n) is 15.1. The highest BCUT2D eigenvalue weighted by molar-refractivity contribution is 5.97. The Morgan fingerprint density at radius 3 is 2.72 bits per heavy atom. The van der Waals surface area contributed by atoms with Gasteiger partial charge in [-0.1, -0.05) is 26.3 Å². The van der Waals surface area contributed by atoms with Gasteiger partial charge in [0.2, 0.25) is 5.91 Å². The van der Waals surface area contributed by atoms with Gasteiger partial charge in [0.05, 0.1) is 12.2 Å². The number of unbranched alkanes of at least 4 members (excludes halogenated alkanes) is 1. The van der Waals surface area contributed by atoms with Crippen molar-refractivity contribution < 1.29 is 9.59 Å². The fourth-order valence-corrected chi connectivity index (χ4v) is 2.58. The third-order valence-electron chi connectivity index (χ3n) is 4.01. The number of aryl methyl sites for hydroxylation is 1. The topological polar surface area (TPSA) is 76.0 Å². The van der Waals surface area contributed by atoms with Gasteiger partial charge in [0.1, 0.15) is 0 Å². The lowest BCUT2D eigenvalue weighted by atomic mass is 10.1. The Hall–Kier alpha value is -2.63. The molecule has 0 aliphatic rings. The molecule has 0 aliphatic heterocycles. The van der Waals surface area contributed by atoms with Gasteiger partial charge in [0.25, 0.3) is 5.91 Å². The summed E-state index contributed by atoms with van der Waals surface area (Å²) < 4.78 is 1.72. The molecular formula is C19H26N4O2. The third kappa shape index (κ3) is 5.45. The van der Waals surface area contributed by atoms with E-state index in [1.54, 1.807) is 35.1 Å². The third-order valence-corrected chi connectivity index (χ3v) is 4.01. The van der Waals surface area contributed by atoms with Crippen LogP contribution in [0.4, 0.5) is 5.69 Å². The van der Waals surface area contributed by atoms with E-state index in [1.807, 2.05) is 27.1 Å². The molecule has 1 aromatic heterocycles. The molecule has 1 aromatic carbocycles. The van der Waals surface area contributed by atoms with Gasteiger partial charge in [-0.05, 0) is 31.0 Å². The molecule has 6 nitrogen and oxygen atoms in total. The highest BCUT2D eigenvalue weighted by atomic mass is 16.2. The number of carbonyl (C=O) groups excluding carboxylic acids is 2. The van der Waals surface area contributed by atoms with Crippen LogP contribution in [0.25, 0.3) is 0 Å². The van der Waals surface area contributed by atoms with Gasteiger partial charge in [-0.3, -0.25) is 14.3 Å². The largest absolute Gasteiger partial charge is 0.345 e. The molecule has 6 heteroatoms. The lowest BCUT2D eigenvalue weighted by molar-refractivity contribution is -0.116. The van der Waals surface area contributed by atoms with Crippen LogP contribution in [0.5, 0.6) is 0 Å². The molecule has 2 amide bonds. The average Bonchev–Trinajstić information content (AvgIpc) is 3.04. The maximum absolute atomic E-state index is 12.6. The Morgan fingerprint density at radius 2 is 2.08 bits per heavy atom. The van der Waals surface area contributed by atoms with Crippen LogP contribution >= 0.6 is 0 Å². The van der Waals surface area contributed by atoms with Crippen molar-refractivity contribution in [2.75, 3.05) is 5.32 Å². The molecule has 2 N–H and O–H groups in total. The van der Waals surface area contributed by atoms with Gasteiger partial charge in [-0.25, -0.2) is 0 Å². The fourth-order valence-electron chi connectivity index (χ4n) is 2.58. The smallest absolute Gasteiger partial charge is 0.251 e. The number of aromatic nitrogens is 2. The summed E-state index contributed by atoms with van der Waals surface area (Å²) in [5, 5.41) is 10.0. The van der Waals surface area contributed by atoms with E-state index in [0.717, 1.165) is 24.8 Å². The van der Waals surface area contributed by atoms with E-state index in [2.05, 4.69) is 15.7 Å². The van der Waals surface area contributed by atoms with Gasteiger partial charge in [0, 0.05) is 36.5 Å². The predicted octanol–water partition coefficient (Wildman–Crippen LogP) is 3.43. The summed E-state index contributed by atoms with van der Waals surface area (Å²) in [6.07, 6.45) is 6.76. The number of hydrogen-bond acceptors (Lipinski definition) is 3. The maximum Gasteiger partial charge on any atom is 0.251 e. The number of benzene rings is 1. The average molecular weight is 342 g/mol. The van der Waals surface area contributed by atoms with Crippen LogP contribution in [0.15, 0.2) is 36.7 Å². The number of amides is 2. The molecule has 1 atom stereocenters. The van der Waals surface area contributed by atoms with E-state index in [4.69, 9.17) is 0 Å². The molecule has 134 valence electrons. The van der Waals surface area contributed by atoms with Gasteiger partial charge in [-0.15, -0.1) is 0 Å². The van der Waals surface area contributed by atoms with E-state index in [-0.39, 0.29) is 17.9 Å². The minimum Gasteiger partial charge on any atom is -0.345 e. The quantitative estimate of drug-likeness (QED) is 0.771. The number of hydrogen-bond donors (Lipinski definition) is 2.